The molecule has 0 spiro atoms. The number of alkyl carbamates (subject to hydrolysis) is 1. The highest BCUT2D eigenvalue weighted by molar-refractivity contribution is 5.75. The van der Waals surface area contributed by atoms with Gasteiger partial charge in [0.25, 0.3) is 0 Å². The minimum atomic E-state index is -0.368. The van der Waals surface area contributed by atoms with Gasteiger partial charge in [-0.2, -0.15) is 0 Å². The number of carbonyl (C=O) groups is 1. The fourth-order valence-corrected chi connectivity index (χ4v) is 2.70. The van der Waals surface area contributed by atoms with Crippen molar-refractivity contribution in [3.8, 4) is 0 Å². The van der Waals surface area contributed by atoms with E-state index < -0.39 is 0 Å². The number of hydrogen-bond acceptors (Lipinski definition) is 4. The second-order valence-electron chi connectivity index (χ2n) is 5.55. The molecule has 0 radical (unpaired) electrons. The monoisotopic (exact) mass is 304 g/mol. The molecule has 1 fully saturated rings. The zero-order chi connectivity index (χ0) is 15.8. The van der Waals surface area contributed by atoms with E-state index in [1.807, 2.05) is 37.3 Å². The highest BCUT2D eigenvalue weighted by atomic mass is 16.5. The molecule has 5 nitrogen and oxygen atoms in total. The van der Waals surface area contributed by atoms with Gasteiger partial charge in [-0.15, -0.1) is 0 Å². The Morgan fingerprint density at radius 3 is 2.50 bits per heavy atom. The lowest BCUT2D eigenvalue weighted by Gasteiger charge is -2.28. The summed E-state index contributed by atoms with van der Waals surface area (Å²) < 4.78 is 10.5. The molecule has 2 rings (SSSR count). The average molecular weight is 304 g/mol. The highest BCUT2D eigenvalue weighted by Crippen LogP contribution is 2.25. The summed E-state index contributed by atoms with van der Waals surface area (Å²) in [5.74, 6) is 0.575. The average Bonchev–Trinajstić information content (AvgIpc) is 2.55. The van der Waals surface area contributed by atoms with E-state index in [0.29, 0.717) is 12.5 Å². The van der Waals surface area contributed by atoms with E-state index in [0.717, 1.165) is 31.2 Å². The summed E-state index contributed by atoms with van der Waals surface area (Å²) >= 11 is 0. The molecular formula is C17H24N2O3. The van der Waals surface area contributed by atoms with Crippen LogP contribution < -0.4 is 5.32 Å². The molecule has 0 heterocycles. The topological polar surface area (TPSA) is 71.4 Å². The first-order valence-corrected chi connectivity index (χ1v) is 7.87. The summed E-state index contributed by atoms with van der Waals surface area (Å²) in [6.45, 7) is 2.73. The van der Waals surface area contributed by atoms with Crippen LogP contribution in [0.2, 0.25) is 0 Å². The van der Waals surface area contributed by atoms with Crippen LogP contribution in [0.15, 0.2) is 30.3 Å². The summed E-state index contributed by atoms with van der Waals surface area (Å²) in [5.41, 5.74) is 0.978. The van der Waals surface area contributed by atoms with E-state index >= 15 is 0 Å². The lowest BCUT2D eigenvalue weighted by Crippen LogP contribution is -2.39. The second kappa shape index (κ2) is 8.41. The number of nitrogens with one attached hydrogen (secondary N) is 2. The van der Waals surface area contributed by atoms with Gasteiger partial charge in [0, 0.05) is 12.0 Å². The van der Waals surface area contributed by atoms with Gasteiger partial charge in [-0.05, 0) is 38.2 Å². The molecule has 0 unspecified atom stereocenters. The van der Waals surface area contributed by atoms with Crippen LogP contribution in [-0.2, 0) is 16.1 Å². The molecule has 2 N–H and O–H groups in total. The van der Waals surface area contributed by atoms with Gasteiger partial charge in [0.15, 0.2) is 5.90 Å². The third-order valence-corrected chi connectivity index (χ3v) is 3.93. The van der Waals surface area contributed by atoms with Crippen LogP contribution in [0, 0.1) is 11.3 Å². The molecule has 0 atom stereocenters. The summed E-state index contributed by atoms with van der Waals surface area (Å²) in [6.07, 6.45) is 3.11. The Labute approximate surface area is 131 Å². The van der Waals surface area contributed by atoms with Crippen LogP contribution in [-0.4, -0.2) is 24.6 Å². The van der Waals surface area contributed by atoms with E-state index in [1.165, 1.54) is 0 Å². The van der Waals surface area contributed by atoms with Gasteiger partial charge in [0.2, 0.25) is 0 Å². The number of hydrogen-bond donors (Lipinski definition) is 2. The van der Waals surface area contributed by atoms with Gasteiger partial charge in [0.05, 0.1) is 6.61 Å². The fraction of sp³-hybridized carbons (Fsp3) is 0.529. The lowest BCUT2D eigenvalue weighted by molar-refractivity contribution is 0.131. The zero-order valence-corrected chi connectivity index (χ0v) is 13.0. The van der Waals surface area contributed by atoms with E-state index in [2.05, 4.69) is 5.32 Å². The largest absolute Gasteiger partial charge is 0.481 e. The zero-order valence-electron chi connectivity index (χ0n) is 13.0. The standard InChI is InChI=1S/C17H24N2O3/c1-2-21-16(18)14-8-10-15(11-9-14)19-17(20)22-12-13-6-4-3-5-7-13/h3-7,14-15,18H,2,8-12H2,1H3,(H,19,20). The fourth-order valence-electron chi connectivity index (χ4n) is 2.70. The third kappa shape index (κ3) is 5.06. The Morgan fingerprint density at radius 2 is 1.86 bits per heavy atom. The Bertz CT molecular complexity index is 482. The highest BCUT2D eigenvalue weighted by Gasteiger charge is 2.26. The van der Waals surface area contributed by atoms with Crippen molar-refractivity contribution in [3.05, 3.63) is 35.9 Å². The number of ether oxygens (including phenoxy) is 2. The van der Waals surface area contributed by atoms with Crippen LogP contribution in [0.25, 0.3) is 0 Å². The normalized spacial score (nSPS) is 21.0. The molecule has 0 bridgehead atoms. The Balaban J connectivity index is 1.67. The maximum atomic E-state index is 11.8. The van der Waals surface area contributed by atoms with Crippen molar-refractivity contribution in [2.45, 2.75) is 45.3 Å². The molecule has 0 saturated heterocycles. The maximum absolute atomic E-state index is 11.8. The summed E-state index contributed by atoms with van der Waals surface area (Å²) in [7, 11) is 0. The molecule has 1 aromatic rings. The Kier molecular flexibility index (Phi) is 6.25. The van der Waals surface area contributed by atoms with Crippen LogP contribution >= 0.6 is 0 Å². The number of carbonyl (C=O) groups excluding carboxylic acids is 1. The van der Waals surface area contributed by atoms with Crippen LogP contribution in [0.4, 0.5) is 4.79 Å². The van der Waals surface area contributed by atoms with Crippen LogP contribution in [0.1, 0.15) is 38.2 Å². The predicted molar refractivity (Wildman–Crippen MR) is 84.9 cm³/mol. The minimum Gasteiger partial charge on any atom is -0.481 e. The lowest BCUT2D eigenvalue weighted by atomic mass is 9.86. The van der Waals surface area contributed by atoms with Gasteiger partial charge in [-0.3, -0.25) is 5.41 Å². The van der Waals surface area contributed by atoms with Crippen molar-refractivity contribution in [2.75, 3.05) is 6.61 Å². The SMILES string of the molecule is CCOC(=N)C1CCC(NC(=O)OCc2ccccc2)CC1. The molecule has 120 valence electrons. The van der Waals surface area contributed by atoms with Crippen molar-refractivity contribution in [2.24, 2.45) is 5.92 Å². The second-order valence-corrected chi connectivity index (χ2v) is 5.55. The van der Waals surface area contributed by atoms with E-state index in [4.69, 9.17) is 14.9 Å². The van der Waals surface area contributed by atoms with Gasteiger partial charge < -0.3 is 14.8 Å². The summed E-state index contributed by atoms with van der Waals surface area (Å²) in [5, 5.41) is 10.7. The van der Waals surface area contributed by atoms with Gasteiger partial charge in [0.1, 0.15) is 6.61 Å². The summed E-state index contributed by atoms with van der Waals surface area (Å²) in [6, 6.07) is 9.77. The molecule has 0 aliphatic heterocycles. The quantitative estimate of drug-likeness (QED) is 0.646. The molecule has 22 heavy (non-hydrogen) atoms. The molecule has 0 aromatic heterocycles. The maximum Gasteiger partial charge on any atom is 0.407 e. The molecule has 1 amide bonds. The molecule has 1 aromatic carbocycles. The summed E-state index contributed by atoms with van der Waals surface area (Å²) in [4.78, 5) is 11.8. The van der Waals surface area contributed by atoms with E-state index in [-0.39, 0.29) is 24.7 Å². The van der Waals surface area contributed by atoms with E-state index in [1.54, 1.807) is 0 Å². The van der Waals surface area contributed by atoms with Crippen molar-refractivity contribution >= 4 is 12.0 Å². The van der Waals surface area contributed by atoms with Gasteiger partial charge in [-0.25, -0.2) is 4.79 Å². The predicted octanol–water partition coefficient (Wildman–Crippen LogP) is 3.49. The molecular weight excluding hydrogens is 280 g/mol. The number of benzene rings is 1. The van der Waals surface area contributed by atoms with Crippen molar-refractivity contribution in [3.63, 3.8) is 0 Å². The number of amides is 1. The van der Waals surface area contributed by atoms with Crippen molar-refractivity contribution < 1.29 is 14.3 Å². The number of rotatable bonds is 5. The van der Waals surface area contributed by atoms with Gasteiger partial charge in [-0.1, -0.05) is 30.3 Å². The van der Waals surface area contributed by atoms with Crippen LogP contribution in [0.3, 0.4) is 0 Å². The first kappa shape index (κ1) is 16.3. The molecule has 1 aliphatic carbocycles. The Hall–Kier alpha value is -2.04. The van der Waals surface area contributed by atoms with Crippen molar-refractivity contribution in [1.82, 2.24) is 5.32 Å². The minimum absolute atomic E-state index is 0.133. The first-order valence-electron chi connectivity index (χ1n) is 7.87. The smallest absolute Gasteiger partial charge is 0.407 e. The van der Waals surface area contributed by atoms with Crippen molar-refractivity contribution in [1.29, 1.82) is 5.41 Å². The first-order chi connectivity index (χ1) is 10.7. The van der Waals surface area contributed by atoms with Crippen LogP contribution in [0.5, 0.6) is 0 Å². The molecule has 5 heteroatoms. The third-order valence-electron chi connectivity index (χ3n) is 3.93. The van der Waals surface area contributed by atoms with E-state index in [9.17, 15) is 4.79 Å². The Morgan fingerprint density at radius 1 is 1.18 bits per heavy atom. The van der Waals surface area contributed by atoms with Gasteiger partial charge >= 0.3 is 6.09 Å². The molecule has 1 saturated carbocycles. The molecule has 1 aliphatic rings.